The largest absolute Gasteiger partial charge is 0.488 e. The van der Waals surface area contributed by atoms with Gasteiger partial charge in [-0.2, -0.15) is 5.10 Å². The van der Waals surface area contributed by atoms with E-state index in [4.69, 9.17) is 9.47 Å². The number of unbranched alkanes of at least 4 members (excludes halogenated alkanes) is 14. The number of benzene rings is 2. The Bertz CT molecular complexity index is 988. The van der Waals surface area contributed by atoms with E-state index < -0.39 is 0 Å². The summed E-state index contributed by atoms with van der Waals surface area (Å²) in [6.07, 6.45) is 21.7. The number of amides is 1. The van der Waals surface area contributed by atoms with Crippen LogP contribution in [0.3, 0.4) is 0 Å². The van der Waals surface area contributed by atoms with E-state index in [0.717, 1.165) is 24.0 Å². The molecule has 40 heavy (non-hydrogen) atoms. The number of hydrazone groups is 1. The van der Waals surface area contributed by atoms with Crippen LogP contribution in [0.4, 0.5) is 0 Å². The highest BCUT2D eigenvalue weighted by Gasteiger charge is 2.06. The van der Waals surface area contributed by atoms with E-state index >= 15 is 0 Å². The Kier molecular flexibility index (Phi) is 17.9. The van der Waals surface area contributed by atoms with Gasteiger partial charge in [-0.05, 0) is 36.2 Å². The van der Waals surface area contributed by atoms with Crippen LogP contribution in [0.15, 0.2) is 53.6 Å². The molecule has 0 bridgehead atoms. The van der Waals surface area contributed by atoms with Crippen LogP contribution >= 0.6 is 0 Å². The average molecular weight is 551 g/mol. The number of carbonyl (C=O) groups is 2. The quantitative estimate of drug-likeness (QED) is 0.0688. The van der Waals surface area contributed by atoms with Gasteiger partial charge in [0, 0.05) is 12.0 Å². The van der Waals surface area contributed by atoms with Crippen molar-refractivity contribution >= 4 is 18.1 Å². The van der Waals surface area contributed by atoms with Crippen molar-refractivity contribution in [2.75, 3.05) is 7.11 Å². The lowest BCUT2D eigenvalue weighted by molar-refractivity contribution is -0.121. The molecule has 0 atom stereocenters. The third-order valence-corrected chi connectivity index (χ3v) is 7.09. The Morgan fingerprint density at radius 1 is 0.750 bits per heavy atom. The number of para-hydroxylation sites is 1. The normalized spacial score (nSPS) is 11.1. The van der Waals surface area contributed by atoms with E-state index in [-0.39, 0.29) is 11.9 Å². The Balaban J connectivity index is 1.53. The van der Waals surface area contributed by atoms with Crippen molar-refractivity contribution in [2.45, 2.75) is 116 Å². The van der Waals surface area contributed by atoms with Gasteiger partial charge in [0.05, 0.1) is 18.9 Å². The van der Waals surface area contributed by atoms with Gasteiger partial charge in [-0.25, -0.2) is 10.2 Å². The van der Waals surface area contributed by atoms with Crippen molar-refractivity contribution in [3.05, 3.63) is 65.2 Å². The molecule has 0 saturated heterocycles. The van der Waals surface area contributed by atoms with Crippen LogP contribution in [-0.4, -0.2) is 25.2 Å². The Hall–Kier alpha value is -3.15. The first-order valence-corrected chi connectivity index (χ1v) is 15.3. The molecule has 0 aromatic heterocycles. The van der Waals surface area contributed by atoms with E-state index in [9.17, 15) is 9.59 Å². The third kappa shape index (κ3) is 14.9. The second-order valence-electron chi connectivity index (χ2n) is 10.5. The van der Waals surface area contributed by atoms with Crippen molar-refractivity contribution in [3.63, 3.8) is 0 Å². The fourth-order valence-electron chi connectivity index (χ4n) is 4.62. The van der Waals surface area contributed by atoms with Gasteiger partial charge in [0.2, 0.25) is 5.91 Å². The second kappa shape index (κ2) is 21.6. The van der Waals surface area contributed by atoms with E-state index in [1.54, 1.807) is 18.3 Å². The van der Waals surface area contributed by atoms with Crippen LogP contribution in [0.25, 0.3) is 0 Å². The lowest BCUT2D eigenvalue weighted by atomic mass is 10.0. The summed E-state index contributed by atoms with van der Waals surface area (Å²) >= 11 is 0. The summed E-state index contributed by atoms with van der Waals surface area (Å²) < 4.78 is 10.7. The van der Waals surface area contributed by atoms with Gasteiger partial charge in [0.25, 0.3) is 0 Å². The topological polar surface area (TPSA) is 77.0 Å². The standard InChI is InChI=1S/C34H50N2O4/c1-3-4-5-6-7-8-9-10-11-12-13-14-15-16-17-22-33(37)36-35-27-31-20-18-19-21-32(31)40-28-29-23-25-30(26-24-29)34(38)39-2/h18-21,23-27H,3-17,22,28H2,1-2H3,(H,36,37)/b35-27-. The molecule has 0 saturated carbocycles. The number of esters is 1. The van der Waals surface area contributed by atoms with Crippen molar-refractivity contribution in [3.8, 4) is 5.75 Å². The van der Waals surface area contributed by atoms with Gasteiger partial charge in [-0.15, -0.1) is 0 Å². The van der Waals surface area contributed by atoms with Gasteiger partial charge < -0.3 is 9.47 Å². The number of rotatable bonds is 22. The number of hydrogen-bond donors (Lipinski definition) is 1. The highest BCUT2D eigenvalue weighted by Crippen LogP contribution is 2.18. The lowest BCUT2D eigenvalue weighted by Crippen LogP contribution is -2.17. The highest BCUT2D eigenvalue weighted by atomic mass is 16.5. The predicted molar refractivity (Wildman–Crippen MR) is 164 cm³/mol. The van der Waals surface area contributed by atoms with Crippen molar-refractivity contribution in [2.24, 2.45) is 5.10 Å². The summed E-state index contributed by atoms with van der Waals surface area (Å²) in [5.41, 5.74) is 4.84. The number of methoxy groups -OCH3 is 1. The summed E-state index contributed by atoms with van der Waals surface area (Å²) in [4.78, 5) is 23.8. The van der Waals surface area contributed by atoms with Crippen molar-refractivity contribution < 1.29 is 19.1 Å². The summed E-state index contributed by atoms with van der Waals surface area (Å²) in [6.45, 7) is 2.62. The van der Waals surface area contributed by atoms with Gasteiger partial charge in [0.1, 0.15) is 12.4 Å². The molecular weight excluding hydrogens is 500 g/mol. The van der Waals surface area contributed by atoms with Crippen LogP contribution in [0, 0.1) is 0 Å². The molecule has 2 rings (SSSR count). The molecule has 1 amide bonds. The molecule has 0 radical (unpaired) electrons. The minimum Gasteiger partial charge on any atom is -0.488 e. The Morgan fingerprint density at radius 3 is 1.88 bits per heavy atom. The van der Waals surface area contributed by atoms with Crippen LogP contribution in [0.5, 0.6) is 5.75 Å². The van der Waals surface area contributed by atoms with Crippen LogP contribution in [-0.2, 0) is 16.1 Å². The molecule has 0 heterocycles. The first-order valence-electron chi connectivity index (χ1n) is 15.3. The summed E-state index contributed by atoms with van der Waals surface area (Å²) in [6, 6.07) is 14.6. The predicted octanol–water partition coefficient (Wildman–Crippen LogP) is 8.76. The maximum Gasteiger partial charge on any atom is 0.337 e. The molecule has 220 valence electrons. The molecular formula is C34H50N2O4. The summed E-state index contributed by atoms with van der Waals surface area (Å²) in [5, 5.41) is 4.13. The van der Waals surface area contributed by atoms with E-state index in [0.29, 0.717) is 24.3 Å². The van der Waals surface area contributed by atoms with Gasteiger partial charge in [0.15, 0.2) is 0 Å². The number of nitrogens with one attached hydrogen (secondary N) is 1. The van der Waals surface area contributed by atoms with E-state index in [2.05, 4.69) is 17.5 Å². The van der Waals surface area contributed by atoms with E-state index in [1.807, 2.05) is 36.4 Å². The molecule has 0 aliphatic carbocycles. The maximum atomic E-state index is 12.2. The average Bonchev–Trinajstić information content (AvgIpc) is 2.98. The molecule has 6 nitrogen and oxygen atoms in total. The first-order chi connectivity index (χ1) is 19.6. The van der Waals surface area contributed by atoms with Crippen LogP contribution in [0.2, 0.25) is 0 Å². The lowest BCUT2D eigenvalue weighted by Gasteiger charge is -2.09. The van der Waals surface area contributed by atoms with E-state index in [1.165, 1.54) is 90.6 Å². The molecule has 1 N–H and O–H groups in total. The monoisotopic (exact) mass is 550 g/mol. The molecule has 0 fully saturated rings. The maximum absolute atomic E-state index is 12.2. The number of nitrogens with zero attached hydrogens (tertiary/aromatic N) is 1. The minimum atomic E-state index is -0.365. The first kappa shape index (κ1) is 33.1. The molecule has 0 aliphatic heterocycles. The Morgan fingerprint density at radius 2 is 1.30 bits per heavy atom. The van der Waals surface area contributed by atoms with Gasteiger partial charge in [-0.3, -0.25) is 4.79 Å². The minimum absolute atomic E-state index is 0.0601. The third-order valence-electron chi connectivity index (χ3n) is 7.09. The number of hydrogen-bond acceptors (Lipinski definition) is 5. The zero-order valence-corrected chi connectivity index (χ0v) is 24.8. The molecule has 0 aliphatic rings. The van der Waals surface area contributed by atoms with Crippen molar-refractivity contribution in [1.82, 2.24) is 5.43 Å². The Labute approximate surface area is 241 Å². The smallest absolute Gasteiger partial charge is 0.337 e. The molecule has 0 unspecified atom stereocenters. The summed E-state index contributed by atoms with van der Waals surface area (Å²) in [7, 11) is 1.36. The highest BCUT2D eigenvalue weighted by molar-refractivity contribution is 5.89. The molecule has 2 aromatic carbocycles. The SMILES string of the molecule is CCCCCCCCCCCCCCCCCC(=O)N/N=C\c1ccccc1OCc1ccc(C(=O)OC)cc1. The molecule has 2 aromatic rings. The zero-order chi connectivity index (χ0) is 28.7. The summed E-state index contributed by atoms with van der Waals surface area (Å²) in [5.74, 6) is 0.241. The second-order valence-corrected chi connectivity index (χ2v) is 10.5. The zero-order valence-electron chi connectivity index (χ0n) is 24.8. The number of ether oxygens (including phenoxy) is 2. The van der Waals surface area contributed by atoms with Gasteiger partial charge >= 0.3 is 5.97 Å². The number of carbonyl (C=O) groups excluding carboxylic acids is 2. The fourth-order valence-corrected chi connectivity index (χ4v) is 4.62. The van der Waals surface area contributed by atoms with Crippen molar-refractivity contribution in [1.29, 1.82) is 0 Å². The van der Waals surface area contributed by atoms with Crippen LogP contribution in [0.1, 0.15) is 131 Å². The fraction of sp³-hybridized carbons (Fsp3) is 0.559. The molecule has 0 spiro atoms. The van der Waals surface area contributed by atoms with Gasteiger partial charge in [-0.1, -0.05) is 121 Å². The van der Waals surface area contributed by atoms with Crippen LogP contribution < -0.4 is 10.2 Å². The molecule has 6 heteroatoms.